The fourth-order valence-electron chi connectivity index (χ4n) is 3.36. The fraction of sp³-hybridized carbons (Fsp3) is 0.476. The summed E-state index contributed by atoms with van der Waals surface area (Å²) in [6, 6.07) is 7.73. The maximum Gasteiger partial charge on any atom is 0.225 e. The Hall–Kier alpha value is -3.07. The molecule has 9 nitrogen and oxygen atoms in total. The molecule has 1 aromatic carbocycles. The van der Waals surface area contributed by atoms with Crippen molar-refractivity contribution < 1.29 is 9.47 Å². The van der Waals surface area contributed by atoms with Gasteiger partial charge in [0.15, 0.2) is 17.5 Å². The summed E-state index contributed by atoms with van der Waals surface area (Å²) in [7, 11) is 5.06. The number of ether oxygens (including phenoxy) is 2. The lowest BCUT2D eigenvalue weighted by Gasteiger charge is -2.34. The molecule has 1 fully saturated rings. The topological polar surface area (TPSA) is 87.1 Å². The average molecular weight is 414 g/mol. The van der Waals surface area contributed by atoms with Crippen molar-refractivity contribution in [1.29, 1.82) is 0 Å². The molecular weight excluding hydrogens is 382 g/mol. The Morgan fingerprint density at radius 3 is 2.43 bits per heavy atom. The van der Waals surface area contributed by atoms with Gasteiger partial charge in [-0.05, 0) is 23.8 Å². The summed E-state index contributed by atoms with van der Waals surface area (Å²) in [4.78, 5) is 17.6. The highest BCUT2D eigenvalue weighted by Crippen LogP contribution is 2.27. The first-order valence-corrected chi connectivity index (χ1v) is 10.1. The van der Waals surface area contributed by atoms with Crippen LogP contribution in [0.25, 0.3) is 0 Å². The number of rotatable bonds is 8. The van der Waals surface area contributed by atoms with Gasteiger partial charge in [0.25, 0.3) is 0 Å². The number of aliphatic imine (C=N–C) groups is 1. The number of hydrogen-bond acceptors (Lipinski definition) is 7. The first-order chi connectivity index (χ1) is 14.7. The van der Waals surface area contributed by atoms with Gasteiger partial charge in [0.2, 0.25) is 5.95 Å². The molecule has 9 heteroatoms. The highest BCUT2D eigenvalue weighted by molar-refractivity contribution is 5.79. The monoisotopic (exact) mass is 413 g/mol. The SMILES string of the molecule is CN=C(NCCN1CCN(c2ncccn2)CC1)NCc1ccc(OC)c(OC)c1. The molecule has 3 rings (SSSR count). The summed E-state index contributed by atoms with van der Waals surface area (Å²) in [5.41, 5.74) is 1.09. The smallest absolute Gasteiger partial charge is 0.225 e. The van der Waals surface area contributed by atoms with Crippen LogP contribution in [0.5, 0.6) is 11.5 Å². The molecule has 1 aromatic heterocycles. The van der Waals surface area contributed by atoms with Gasteiger partial charge < -0.3 is 25.0 Å². The minimum atomic E-state index is 0.649. The highest BCUT2D eigenvalue weighted by Gasteiger charge is 2.18. The molecule has 0 spiro atoms. The van der Waals surface area contributed by atoms with E-state index in [0.717, 1.165) is 68.2 Å². The van der Waals surface area contributed by atoms with Crippen LogP contribution in [0.3, 0.4) is 0 Å². The maximum absolute atomic E-state index is 5.36. The van der Waals surface area contributed by atoms with Crippen molar-refractivity contribution in [3.63, 3.8) is 0 Å². The van der Waals surface area contributed by atoms with Crippen LogP contribution in [0.2, 0.25) is 0 Å². The largest absolute Gasteiger partial charge is 0.493 e. The van der Waals surface area contributed by atoms with Crippen molar-refractivity contribution in [2.75, 3.05) is 65.4 Å². The third-order valence-corrected chi connectivity index (χ3v) is 5.06. The zero-order valence-electron chi connectivity index (χ0n) is 18.0. The molecule has 0 bridgehead atoms. The summed E-state index contributed by atoms with van der Waals surface area (Å²) in [5.74, 6) is 3.04. The van der Waals surface area contributed by atoms with Crippen LogP contribution in [0.1, 0.15) is 5.56 Å². The van der Waals surface area contributed by atoms with E-state index in [1.807, 2.05) is 24.3 Å². The van der Waals surface area contributed by atoms with Gasteiger partial charge in [-0.1, -0.05) is 6.07 Å². The van der Waals surface area contributed by atoms with Crippen molar-refractivity contribution in [1.82, 2.24) is 25.5 Å². The van der Waals surface area contributed by atoms with Crippen molar-refractivity contribution >= 4 is 11.9 Å². The Morgan fingerprint density at radius 1 is 1.03 bits per heavy atom. The van der Waals surface area contributed by atoms with E-state index < -0.39 is 0 Å². The lowest BCUT2D eigenvalue weighted by atomic mass is 10.2. The molecule has 0 atom stereocenters. The maximum atomic E-state index is 5.36. The second kappa shape index (κ2) is 11.2. The van der Waals surface area contributed by atoms with Crippen LogP contribution in [0, 0.1) is 0 Å². The molecule has 1 saturated heterocycles. The number of anilines is 1. The molecular formula is C21H31N7O2. The minimum Gasteiger partial charge on any atom is -0.493 e. The molecule has 2 heterocycles. The fourth-order valence-corrected chi connectivity index (χ4v) is 3.36. The van der Waals surface area contributed by atoms with E-state index in [2.05, 4.69) is 35.4 Å². The van der Waals surface area contributed by atoms with E-state index in [1.54, 1.807) is 33.7 Å². The Kier molecular flexibility index (Phi) is 8.08. The van der Waals surface area contributed by atoms with Gasteiger partial charge in [-0.3, -0.25) is 9.89 Å². The first-order valence-electron chi connectivity index (χ1n) is 10.1. The number of hydrogen-bond donors (Lipinski definition) is 2. The van der Waals surface area contributed by atoms with Crippen LogP contribution < -0.4 is 25.0 Å². The third-order valence-electron chi connectivity index (χ3n) is 5.06. The standard InChI is InChI=1S/C21H31N7O2/c1-22-20(26-16-17-5-6-18(29-2)19(15-17)30-3)23-9-10-27-11-13-28(14-12-27)21-24-7-4-8-25-21/h4-8,15H,9-14,16H2,1-3H3,(H2,22,23,26). The molecule has 0 radical (unpaired) electrons. The summed E-state index contributed by atoms with van der Waals surface area (Å²) < 4.78 is 10.6. The number of methoxy groups -OCH3 is 2. The second-order valence-corrected chi connectivity index (χ2v) is 6.92. The van der Waals surface area contributed by atoms with Gasteiger partial charge in [-0.15, -0.1) is 0 Å². The number of piperazine rings is 1. The van der Waals surface area contributed by atoms with E-state index in [4.69, 9.17) is 9.47 Å². The average Bonchev–Trinajstić information content (AvgIpc) is 2.82. The quantitative estimate of drug-likeness (QED) is 0.489. The van der Waals surface area contributed by atoms with Gasteiger partial charge in [-0.25, -0.2) is 9.97 Å². The summed E-state index contributed by atoms with van der Waals surface area (Å²) in [6.45, 7) is 6.31. The van der Waals surface area contributed by atoms with Gasteiger partial charge in [0, 0.05) is 65.3 Å². The van der Waals surface area contributed by atoms with Crippen molar-refractivity contribution in [2.24, 2.45) is 4.99 Å². The van der Waals surface area contributed by atoms with Crippen LogP contribution >= 0.6 is 0 Å². The number of benzene rings is 1. The molecule has 162 valence electrons. The molecule has 0 saturated carbocycles. The van der Waals surface area contributed by atoms with Crippen molar-refractivity contribution in [3.05, 3.63) is 42.2 Å². The molecule has 0 amide bonds. The van der Waals surface area contributed by atoms with Crippen molar-refractivity contribution in [2.45, 2.75) is 6.54 Å². The van der Waals surface area contributed by atoms with Crippen LogP contribution in [-0.2, 0) is 6.54 Å². The lowest BCUT2D eigenvalue weighted by Crippen LogP contribution is -2.49. The Bertz CT molecular complexity index is 808. The van der Waals surface area contributed by atoms with Gasteiger partial charge in [-0.2, -0.15) is 0 Å². The molecule has 2 N–H and O–H groups in total. The van der Waals surface area contributed by atoms with Gasteiger partial charge in [0.1, 0.15) is 0 Å². The molecule has 1 aliphatic rings. The van der Waals surface area contributed by atoms with Crippen LogP contribution in [-0.4, -0.2) is 81.4 Å². The van der Waals surface area contributed by atoms with E-state index in [1.165, 1.54) is 0 Å². The molecule has 0 unspecified atom stereocenters. The van der Waals surface area contributed by atoms with Gasteiger partial charge >= 0.3 is 0 Å². The minimum absolute atomic E-state index is 0.649. The third kappa shape index (κ3) is 5.96. The summed E-state index contributed by atoms with van der Waals surface area (Å²) in [6.07, 6.45) is 3.58. The van der Waals surface area contributed by atoms with Gasteiger partial charge in [0.05, 0.1) is 14.2 Å². The Balaban J connectivity index is 1.38. The van der Waals surface area contributed by atoms with E-state index >= 15 is 0 Å². The van der Waals surface area contributed by atoms with Crippen LogP contribution in [0.15, 0.2) is 41.7 Å². The van der Waals surface area contributed by atoms with E-state index in [9.17, 15) is 0 Å². The number of nitrogens with one attached hydrogen (secondary N) is 2. The Labute approximate surface area is 178 Å². The lowest BCUT2D eigenvalue weighted by molar-refractivity contribution is 0.260. The normalized spacial score (nSPS) is 15.0. The van der Waals surface area contributed by atoms with E-state index in [0.29, 0.717) is 6.54 Å². The van der Waals surface area contributed by atoms with Crippen molar-refractivity contribution in [3.8, 4) is 11.5 Å². The molecule has 0 aliphatic carbocycles. The molecule has 30 heavy (non-hydrogen) atoms. The second-order valence-electron chi connectivity index (χ2n) is 6.92. The molecule has 2 aromatic rings. The molecule has 1 aliphatic heterocycles. The zero-order chi connectivity index (χ0) is 21.2. The number of guanidine groups is 1. The predicted octanol–water partition coefficient (Wildman–Crippen LogP) is 0.981. The number of aromatic nitrogens is 2. The zero-order valence-corrected chi connectivity index (χ0v) is 18.0. The van der Waals surface area contributed by atoms with E-state index in [-0.39, 0.29) is 0 Å². The first kappa shape index (κ1) is 21.6. The predicted molar refractivity (Wildman–Crippen MR) is 118 cm³/mol. The Morgan fingerprint density at radius 2 is 1.77 bits per heavy atom. The summed E-state index contributed by atoms with van der Waals surface area (Å²) >= 11 is 0. The van der Waals surface area contributed by atoms with Crippen LogP contribution in [0.4, 0.5) is 5.95 Å². The highest BCUT2D eigenvalue weighted by atomic mass is 16.5. The summed E-state index contributed by atoms with van der Waals surface area (Å²) in [5, 5.41) is 6.72. The number of nitrogens with zero attached hydrogens (tertiary/aromatic N) is 5.